The molecule has 102 valence electrons. The molecule has 0 saturated heterocycles. The zero-order valence-corrected chi connectivity index (χ0v) is 12.3. The number of aryl methyl sites for hydroxylation is 1. The van der Waals surface area contributed by atoms with Crippen molar-refractivity contribution in [1.82, 2.24) is 0 Å². The lowest BCUT2D eigenvalue weighted by atomic mass is 10.1. The Morgan fingerprint density at radius 2 is 2.11 bits per heavy atom. The van der Waals surface area contributed by atoms with Crippen LogP contribution in [0.4, 0.5) is 5.69 Å². The molecule has 2 aromatic rings. The molecular formula is C13H15NO3S2. The predicted octanol–water partition coefficient (Wildman–Crippen LogP) is 3.12. The largest absolute Gasteiger partial charge is 0.495 e. The summed E-state index contributed by atoms with van der Waals surface area (Å²) in [7, 11) is -2.02. The maximum atomic E-state index is 12.2. The zero-order chi connectivity index (χ0) is 13.9. The average Bonchev–Trinajstić information content (AvgIpc) is 2.93. The molecule has 0 atom stereocenters. The van der Waals surface area contributed by atoms with E-state index in [2.05, 4.69) is 4.72 Å². The number of anilines is 1. The first-order valence-corrected chi connectivity index (χ1v) is 8.16. The van der Waals surface area contributed by atoms with Crippen LogP contribution in [0.1, 0.15) is 12.5 Å². The van der Waals surface area contributed by atoms with E-state index in [-0.39, 0.29) is 4.21 Å². The van der Waals surface area contributed by atoms with Crippen LogP contribution >= 0.6 is 11.3 Å². The van der Waals surface area contributed by atoms with Crippen molar-refractivity contribution in [3.63, 3.8) is 0 Å². The van der Waals surface area contributed by atoms with Gasteiger partial charge in [-0.25, -0.2) is 8.42 Å². The van der Waals surface area contributed by atoms with Crippen LogP contribution < -0.4 is 9.46 Å². The van der Waals surface area contributed by atoms with Crippen molar-refractivity contribution in [1.29, 1.82) is 0 Å². The standard InChI is InChI=1S/C13H15NO3S2/c1-3-10-6-7-12(17-2)11(9-10)14-19(15,16)13-5-4-8-18-13/h4-9,14H,3H2,1-2H3. The number of rotatable bonds is 5. The molecule has 0 saturated carbocycles. The van der Waals surface area contributed by atoms with E-state index in [9.17, 15) is 8.42 Å². The molecule has 0 aliphatic rings. The fraction of sp³-hybridized carbons (Fsp3) is 0.231. The van der Waals surface area contributed by atoms with Gasteiger partial charge in [-0.05, 0) is 35.6 Å². The molecule has 1 aromatic heterocycles. The number of thiophene rings is 1. The van der Waals surface area contributed by atoms with E-state index in [0.29, 0.717) is 11.4 Å². The van der Waals surface area contributed by atoms with Crippen LogP contribution in [0.25, 0.3) is 0 Å². The van der Waals surface area contributed by atoms with E-state index < -0.39 is 10.0 Å². The third-order valence-corrected chi connectivity index (χ3v) is 5.44. The summed E-state index contributed by atoms with van der Waals surface area (Å²) in [5.74, 6) is 0.511. The Balaban J connectivity index is 2.37. The highest BCUT2D eigenvalue weighted by atomic mass is 32.2. The molecule has 1 N–H and O–H groups in total. The second-order valence-corrected chi connectivity index (χ2v) is 6.78. The van der Waals surface area contributed by atoms with Crippen molar-refractivity contribution in [2.45, 2.75) is 17.6 Å². The Hall–Kier alpha value is -1.53. The first kappa shape index (κ1) is 13.9. The van der Waals surface area contributed by atoms with Crippen molar-refractivity contribution in [2.24, 2.45) is 0 Å². The summed E-state index contributed by atoms with van der Waals surface area (Å²) in [6.45, 7) is 2.01. The minimum absolute atomic E-state index is 0.288. The van der Waals surface area contributed by atoms with Gasteiger partial charge in [-0.1, -0.05) is 19.1 Å². The molecule has 0 spiro atoms. The van der Waals surface area contributed by atoms with Crippen molar-refractivity contribution in [3.8, 4) is 5.75 Å². The van der Waals surface area contributed by atoms with Gasteiger partial charge in [0.05, 0.1) is 12.8 Å². The number of ether oxygens (including phenoxy) is 1. The van der Waals surface area contributed by atoms with Crippen molar-refractivity contribution in [3.05, 3.63) is 41.3 Å². The molecule has 4 nitrogen and oxygen atoms in total. The summed E-state index contributed by atoms with van der Waals surface area (Å²) in [5.41, 5.74) is 1.51. The van der Waals surface area contributed by atoms with Crippen molar-refractivity contribution in [2.75, 3.05) is 11.8 Å². The fourth-order valence-corrected chi connectivity index (χ4v) is 3.72. The lowest BCUT2D eigenvalue weighted by molar-refractivity contribution is 0.416. The summed E-state index contributed by atoms with van der Waals surface area (Å²) in [6, 6.07) is 8.76. The van der Waals surface area contributed by atoms with E-state index >= 15 is 0 Å². The topological polar surface area (TPSA) is 55.4 Å². The molecule has 1 aromatic carbocycles. The van der Waals surface area contributed by atoms with Crippen LogP contribution in [-0.2, 0) is 16.4 Å². The number of sulfonamides is 1. The van der Waals surface area contributed by atoms with Gasteiger partial charge < -0.3 is 4.74 Å². The van der Waals surface area contributed by atoms with Gasteiger partial charge in [0.25, 0.3) is 10.0 Å². The highest BCUT2D eigenvalue weighted by Gasteiger charge is 2.17. The molecule has 19 heavy (non-hydrogen) atoms. The van der Waals surface area contributed by atoms with Gasteiger partial charge in [0.1, 0.15) is 9.96 Å². The summed E-state index contributed by atoms with van der Waals surface area (Å²) in [6.07, 6.45) is 0.831. The molecule has 0 fully saturated rings. The van der Waals surface area contributed by atoms with Gasteiger partial charge in [0.2, 0.25) is 0 Å². The van der Waals surface area contributed by atoms with E-state index in [1.165, 1.54) is 18.4 Å². The lowest BCUT2D eigenvalue weighted by Gasteiger charge is -2.12. The first-order chi connectivity index (χ1) is 9.06. The number of nitrogens with one attached hydrogen (secondary N) is 1. The predicted molar refractivity (Wildman–Crippen MR) is 77.5 cm³/mol. The third kappa shape index (κ3) is 3.08. The maximum absolute atomic E-state index is 12.2. The molecule has 0 bridgehead atoms. The number of benzene rings is 1. The minimum atomic E-state index is -3.54. The lowest BCUT2D eigenvalue weighted by Crippen LogP contribution is -2.12. The second kappa shape index (κ2) is 5.63. The minimum Gasteiger partial charge on any atom is -0.495 e. The first-order valence-electron chi connectivity index (χ1n) is 5.80. The van der Waals surface area contributed by atoms with Crippen LogP contribution in [-0.4, -0.2) is 15.5 Å². The van der Waals surface area contributed by atoms with Crippen molar-refractivity contribution >= 4 is 27.0 Å². The maximum Gasteiger partial charge on any atom is 0.271 e. The molecule has 0 radical (unpaired) electrons. The van der Waals surface area contributed by atoms with Crippen LogP contribution in [0.3, 0.4) is 0 Å². The Morgan fingerprint density at radius 1 is 1.32 bits per heavy atom. The van der Waals surface area contributed by atoms with E-state index in [4.69, 9.17) is 4.74 Å². The van der Waals surface area contributed by atoms with E-state index in [0.717, 1.165) is 12.0 Å². The normalized spacial score (nSPS) is 11.3. The second-order valence-electron chi connectivity index (χ2n) is 3.93. The summed E-state index contributed by atoms with van der Waals surface area (Å²) < 4.78 is 32.4. The fourth-order valence-electron chi connectivity index (χ4n) is 1.67. The summed E-state index contributed by atoms with van der Waals surface area (Å²) >= 11 is 1.18. The molecule has 2 rings (SSSR count). The Bertz CT molecular complexity index is 649. The smallest absolute Gasteiger partial charge is 0.271 e. The number of methoxy groups -OCH3 is 1. The highest BCUT2D eigenvalue weighted by Crippen LogP contribution is 2.29. The Morgan fingerprint density at radius 3 is 2.68 bits per heavy atom. The number of hydrogen-bond acceptors (Lipinski definition) is 4. The molecule has 6 heteroatoms. The number of hydrogen-bond donors (Lipinski definition) is 1. The van der Waals surface area contributed by atoms with E-state index in [1.807, 2.05) is 13.0 Å². The van der Waals surface area contributed by atoms with Crippen LogP contribution in [0.5, 0.6) is 5.75 Å². The molecule has 0 unspecified atom stereocenters. The SMILES string of the molecule is CCc1ccc(OC)c(NS(=O)(=O)c2cccs2)c1. The van der Waals surface area contributed by atoms with Gasteiger partial charge in [-0.15, -0.1) is 11.3 Å². The van der Waals surface area contributed by atoms with Gasteiger partial charge in [-0.2, -0.15) is 0 Å². The Kier molecular flexibility index (Phi) is 4.11. The van der Waals surface area contributed by atoms with Crippen LogP contribution in [0.2, 0.25) is 0 Å². The quantitative estimate of drug-likeness (QED) is 0.922. The van der Waals surface area contributed by atoms with Crippen LogP contribution in [0.15, 0.2) is 39.9 Å². The van der Waals surface area contributed by atoms with E-state index in [1.54, 1.807) is 29.6 Å². The zero-order valence-electron chi connectivity index (χ0n) is 10.7. The molecule has 1 heterocycles. The van der Waals surface area contributed by atoms with Crippen molar-refractivity contribution < 1.29 is 13.2 Å². The molecule has 0 amide bonds. The molecular weight excluding hydrogens is 282 g/mol. The highest BCUT2D eigenvalue weighted by molar-refractivity contribution is 7.94. The third-order valence-electron chi connectivity index (χ3n) is 2.68. The monoisotopic (exact) mass is 297 g/mol. The van der Waals surface area contributed by atoms with Crippen LogP contribution in [0, 0.1) is 0 Å². The average molecular weight is 297 g/mol. The van der Waals surface area contributed by atoms with Gasteiger partial charge in [0, 0.05) is 0 Å². The van der Waals surface area contributed by atoms with Gasteiger partial charge in [0.15, 0.2) is 0 Å². The van der Waals surface area contributed by atoms with Gasteiger partial charge >= 0.3 is 0 Å². The van der Waals surface area contributed by atoms with Gasteiger partial charge in [-0.3, -0.25) is 4.72 Å². The molecule has 0 aliphatic carbocycles. The Labute approximate surface area is 117 Å². The summed E-state index contributed by atoms with van der Waals surface area (Å²) in [5, 5.41) is 1.73. The summed E-state index contributed by atoms with van der Waals surface area (Å²) in [4.78, 5) is 0. The molecule has 0 aliphatic heterocycles.